The van der Waals surface area contributed by atoms with Crippen molar-refractivity contribution in [2.24, 2.45) is 0 Å². The highest BCUT2D eigenvalue weighted by Gasteiger charge is 2.36. The molecule has 1 amide bonds. The van der Waals surface area contributed by atoms with E-state index in [1.165, 1.54) is 18.1 Å². The number of halogens is 3. The van der Waals surface area contributed by atoms with E-state index in [4.69, 9.17) is 4.74 Å². The van der Waals surface area contributed by atoms with Crippen LogP contribution in [0, 0.1) is 5.82 Å². The Balaban J connectivity index is 1.73. The number of hydrogen-bond donors (Lipinski definition) is 2. The van der Waals surface area contributed by atoms with Gasteiger partial charge in [0.2, 0.25) is 11.8 Å². The second kappa shape index (κ2) is 7.69. The summed E-state index contributed by atoms with van der Waals surface area (Å²) in [5, 5.41) is 5.81. The van der Waals surface area contributed by atoms with Gasteiger partial charge in [0.25, 0.3) is 5.92 Å². The Hall–Kier alpha value is -2.03. The van der Waals surface area contributed by atoms with Crippen LogP contribution in [-0.2, 0) is 11.3 Å². The second-order valence-electron chi connectivity index (χ2n) is 6.71. The summed E-state index contributed by atoms with van der Waals surface area (Å²) in [5.41, 5.74) is 0.365. The van der Waals surface area contributed by atoms with Crippen molar-refractivity contribution in [3.05, 3.63) is 17.4 Å². The van der Waals surface area contributed by atoms with Crippen molar-refractivity contribution in [1.29, 1.82) is 0 Å². The first kappa shape index (κ1) is 18.8. The molecule has 1 atom stereocenters. The molecule has 2 N–H and O–H groups in total. The van der Waals surface area contributed by atoms with E-state index in [9.17, 15) is 18.0 Å². The SMILES string of the molecule is COc1nc(N2CCCC(F)(F)C2)c(F)cc1CNC(=O)C1CCCN1. The summed E-state index contributed by atoms with van der Waals surface area (Å²) in [6.45, 7) is 0.600. The summed E-state index contributed by atoms with van der Waals surface area (Å²) in [5.74, 6) is -3.75. The van der Waals surface area contributed by atoms with Crippen molar-refractivity contribution in [2.45, 2.75) is 44.2 Å². The minimum atomic E-state index is -2.86. The fraction of sp³-hybridized carbons (Fsp3) is 0.647. The number of alkyl halides is 2. The molecule has 0 aromatic carbocycles. The van der Waals surface area contributed by atoms with Crippen LogP contribution in [0.3, 0.4) is 0 Å². The molecule has 0 saturated carbocycles. The Morgan fingerprint density at radius 2 is 2.31 bits per heavy atom. The predicted molar refractivity (Wildman–Crippen MR) is 90.0 cm³/mol. The number of ether oxygens (including phenoxy) is 1. The molecule has 1 unspecified atom stereocenters. The van der Waals surface area contributed by atoms with Crippen molar-refractivity contribution in [3.8, 4) is 5.88 Å². The molecule has 26 heavy (non-hydrogen) atoms. The number of carbonyl (C=O) groups is 1. The van der Waals surface area contributed by atoms with Crippen LogP contribution in [0.1, 0.15) is 31.2 Å². The number of anilines is 1. The number of methoxy groups -OCH3 is 1. The summed E-state index contributed by atoms with van der Waals surface area (Å²) >= 11 is 0. The molecule has 2 aliphatic heterocycles. The van der Waals surface area contributed by atoms with E-state index in [1.807, 2.05) is 0 Å². The smallest absolute Gasteiger partial charge is 0.265 e. The van der Waals surface area contributed by atoms with Crippen molar-refractivity contribution < 1.29 is 22.7 Å². The topological polar surface area (TPSA) is 66.5 Å². The van der Waals surface area contributed by atoms with Crippen molar-refractivity contribution in [1.82, 2.24) is 15.6 Å². The summed E-state index contributed by atoms with van der Waals surface area (Å²) < 4.78 is 46.9. The fourth-order valence-electron chi connectivity index (χ4n) is 3.39. The van der Waals surface area contributed by atoms with E-state index in [1.54, 1.807) is 0 Å². The van der Waals surface area contributed by atoms with Gasteiger partial charge in [-0.3, -0.25) is 4.79 Å². The van der Waals surface area contributed by atoms with Gasteiger partial charge >= 0.3 is 0 Å². The number of hydrogen-bond acceptors (Lipinski definition) is 5. The maximum atomic E-state index is 14.5. The highest BCUT2D eigenvalue weighted by molar-refractivity contribution is 5.82. The Bertz CT molecular complexity index is 666. The molecule has 144 valence electrons. The number of carbonyl (C=O) groups excluding carboxylic acids is 1. The normalized spacial score (nSPS) is 22.3. The van der Waals surface area contributed by atoms with Gasteiger partial charge in [-0.25, -0.2) is 13.2 Å². The van der Waals surface area contributed by atoms with Gasteiger partial charge in [-0.05, 0) is 31.9 Å². The van der Waals surface area contributed by atoms with Gasteiger partial charge in [-0.15, -0.1) is 0 Å². The van der Waals surface area contributed by atoms with Gasteiger partial charge in [-0.1, -0.05) is 0 Å². The van der Waals surface area contributed by atoms with Crippen molar-refractivity contribution >= 4 is 11.7 Å². The zero-order valence-electron chi connectivity index (χ0n) is 14.7. The molecular formula is C17H23F3N4O2. The van der Waals surface area contributed by atoms with Crippen LogP contribution in [-0.4, -0.2) is 49.6 Å². The molecule has 0 radical (unpaired) electrons. The molecule has 9 heteroatoms. The third-order valence-electron chi connectivity index (χ3n) is 4.71. The Morgan fingerprint density at radius 3 is 2.96 bits per heavy atom. The standard InChI is InChI=1S/C17H23F3N4O2/c1-26-16-11(9-22-15(25)13-4-2-6-21-13)8-12(18)14(23-16)24-7-3-5-17(19,20)10-24/h8,13,21H,2-7,9-10H2,1H3,(H,22,25). The monoisotopic (exact) mass is 372 g/mol. The van der Waals surface area contributed by atoms with E-state index in [0.717, 1.165) is 19.4 Å². The van der Waals surface area contributed by atoms with Crippen LogP contribution in [0.15, 0.2) is 6.07 Å². The number of aromatic nitrogens is 1. The van der Waals surface area contributed by atoms with Crippen LogP contribution in [0.5, 0.6) is 5.88 Å². The third kappa shape index (κ3) is 4.20. The quantitative estimate of drug-likeness (QED) is 0.826. The number of rotatable bonds is 5. The van der Waals surface area contributed by atoms with Gasteiger partial charge in [0.1, 0.15) is 0 Å². The van der Waals surface area contributed by atoms with Gasteiger partial charge < -0.3 is 20.3 Å². The number of pyridine rings is 1. The first-order valence-corrected chi connectivity index (χ1v) is 8.77. The number of nitrogens with zero attached hydrogens (tertiary/aromatic N) is 2. The van der Waals surface area contributed by atoms with Crippen LogP contribution in [0.4, 0.5) is 19.0 Å². The third-order valence-corrected chi connectivity index (χ3v) is 4.71. The van der Waals surface area contributed by atoms with Crippen molar-refractivity contribution in [3.63, 3.8) is 0 Å². The second-order valence-corrected chi connectivity index (χ2v) is 6.71. The van der Waals surface area contributed by atoms with E-state index in [0.29, 0.717) is 12.1 Å². The van der Waals surface area contributed by atoms with Gasteiger partial charge in [0.05, 0.1) is 19.7 Å². The molecule has 2 fully saturated rings. The fourth-order valence-corrected chi connectivity index (χ4v) is 3.39. The van der Waals surface area contributed by atoms with Gasteiger partial charge in [-0.2, -0.15) is 4.98 Å². The van der Waals surface area contributed by atoms with E-state index >= 15 is 0 Å². The van der Waals surface area contributed by atoms with Crippen LogP contribution >= 0.6 is 0 Å². The molecule has 3 rings (SSSR count). The minimum Gasteiger partial charge on any atom is -0.481 e. The predicted octanol–water partition coefficient (Wildman–Crippen LogP) is 1.83. The van der Waals surface area contributed by atoms with Gasteiger partial charge in [0.15, 0.2) is 11.6 Å². The highest BCUT2D eigenvalue weighted by atomic mass is 19.3. The zero-order valence-corrected chi connectivity index (χ0v) is 14.7. The molecule has 6 nitrogen and oxygen atoms in total. The Morgan fingerprint density at radius 1 is 1.50 bits per heavy atom. The average Bonchev–Trinajstić information content (AvgIpc) is 3.13. The van der Waals surface area contributed by atoms with E-state index in [2.05, 4.69) is 15.6 Å². The lowest BCUT2D eigenvalue weighted by Crippen LogP contribution is -2.43. The molecule has 0 spiro atoms. The molecule has 2 saturated heterocycles. The lowest BCUT2D eigenvalue weighted by Gasteiger charge is -2.33. The van der Waals surface area contributed by atoms with Crippen molar-refractivity contribution in [2.75, 3.05) is 31.6 Å². The number of piperidine rings is 1. The van der Waals surface area contributed by atoms with Crippen LogP contribution in [0.2, 0.25) is 0 Å². The zero-order chi connectivity index (χ0) is 18.7. The molecule has 1 aromatic rings. The summed E-state index contributed by atoms with van der Waals surface area (Å²) in [4.78, 5) is 17.4. The Labute approximate surface area is 150 Å². The maximum Gasteiger partial charge on any atom is 0.265 e. The number of amides is 1. The summed E-state index contributed by atoms with van der Waals surface area (Å²) in [7, 11) is 1.37. The lowest BCUT2D eigenvalue weighted by molar-refractivity contribution is -0.122. The number of nitrogens with one attached hydrogen (secondary N) is 2. The molecule has 0 bridgehead atoms. The first-order valence-electron chi connectivity index (χ1n) is 8.77. The van der Waals surface area contributed by atoms with Crippen LogP contribution < -0.4 is 20.3 Å². The molecule has 3 heterocycles. The van der Waals surface area contributed by atoms with Gasteiger partial charge in [0, 0.05) is 25.1 Å². The van der Waals surface area contributed by atoms with Crippen LogP contribution in [0.25, 0.3) is 0 Å². The first-order chi connectivity index (χ1) is 12.4. The van der Waals surface area contributed by atoms with E-state index in [-0.39, 0.29) is 43.0 Å². The summed E-state index contributed by atoms with van der Waals surface area (Å²) in [6, 6.07) is 0.949. The highest BCUT2D eigenvalue weighted by Crippen LogP contribution is 2.32. The summed E-state index contributed by atoms with van der Waals surface area (Å²) in [6.07, 6.45) is 1.76. The molecule has 0 aliphatic carbocycles. The maximum absolute atomic E-state index is 14.5. The molecule has 1 aromatic heterocycles. The van der Waals surface area contributed by atoms with E-state index < -0.39 is 18.3 Å². The minimum absolute atomic E-state index is 0.0561. The molecule has 2 aliphatic rings. The lowest BCUT2D eigenvalue weighted by atomic mass is 10.1. The Kier molecular flexibility index (Phi) is 5.55. The molecular weight excluding hydrogens is 349 g/mol. The average molecular weight is 372 g/mol. The largest absolute Gasteiger partial charge is 0.481 e.